The first-order valence-electron chi connectivity index (χ1n) is 5.45. The van der Waals surface area contributed by atoms with E-state index in [1.807, 2.05) is 13.0 Å². The first-order valence-corrected chi connectivity index (χ1v) is 5.45. The molecule has 0 saturated carbocycles. The molecule has 0 rings (SSSR count). The van der Waals surface area contributed by atoms with E-state index in [1.165, 1.54) is 38.5 Å². The third-order valence-electron chi connectivity index (χ3n) is 2.34. The maximum absolute atomic E-state index is 10.4. The van der Waals surface area contributed by atoms with E-state index in [4.69, 9.17) is 0 Å². The van der Waals surface area contributed by atoms with Crippen LogP contribution < -0.4 is 0 Å². The highest BCUT2D eigenvalue weighted by Gasteiger charge is 1.94. The topological polar surface area (TPSA) is 17.1 Å². The highest BCUT2D eigenvalue weighted by atomic mass is 16.1. The zero-order chi connectivity index (χ0) is 9.94. The fraction of sp³-hybridized carbons (Fsp3) is 0.750. The van der Waals surface area contributed by atoms with E-state index in [2.05, 4.69) is 6.92 Å². The lowest BCUT2D eigenvalue weighted by molar-refractivity contribution is -0.105. The van der Waals surface area contributed by atoms with Crippen molar-refractivity contribution in [2.45, 2.75) is 58.8 Å². The Bertz CT molecular complexity index is 147. The van der Waals surface area contributed by atoms with Gasteiger partial charge in [-0.25, -0.2) is 0 Å². The number of aldehydes is 1. The van der Waals surface area contributed by atoms with Gasteiger partial charge in [0.25, 0.3) is 0 Å². The van der Waals surface area contributed by atoms with Crippen LogP contribution in [-0.4, -0.2) is 6.29 Å². The standard InChI is InChI=1S/C12H22O/c1-3-5-6-7-8-9-10-12(4-2)11-13/h4,11H,3,5-10H2,1-2H3/b12-4-. The molecule has 0 spiro atoms. The second kappa shape index (κ2) is 9.50. The van der Waals surface area contributed by atoms with Gasteiger partial charge in [-0.15, -0.1) is 0 Å². The van der Waals surface area contributed by atoms with Gasteiger partial charge in [-0.05, 0) is 25.3 Å². The van der Waals surface area contributed by atoms with Crippen molar-refractivity contribution in [3.8, 4) is 0 Å². The van der Waals surface area contributed by atoms with Gasteiger partial charge < -0.3 is 0 Å². The Hall–Kier alpha value is -0.590. The first-order chi connectivity index (χ1) is 6.35. The zero-order valence-corrected chi connectivity index (χ0v) is 9.01. The van der Waals surface area contributed by atoms with Gasteiger partial charge in [0.05, 0.1) is 0 Å². The van der Waals surface area contributed by atoms with Crippen molar-refractivity contribution in [2.24, 2.45) is 0 Å². The summed E-state index contributed by atoms with van der Waals surface area (Å²) in [5.74, 6) is 0. The maximum atomic E-state index is 10.4. The molecule has 1 nitrogen and oxygen atoms in total. The van der Waals surface area contributed by atoms with Crippen LogP contribution in [0.5, 0.6) is 0 Å². The van der Waals surface area contributed by atoms with Crippen LogP contribution in [0.15, 0.2) is 11.6 Å². The average Bonchev–Trinajstić information content (AvgIpc) is 2.17. The SMILES string of the molecule is C/C=C(\C=O)CCCCCCCC. The van der Waals surface area contributed by atoms with Crippen LogP contribution in [0.2, 0.25) is 0 Å². The summed E-state index contributed by atoms with van der Waals surface area (Å²) in [6.07, 6.45) is 11.6. The monoisotopic (exact) mass is 182 g/mol. The van der Waals surface area contributed by atoms with Crippen molar-refractivity contribution in [1.29, 1.82) is 0 Å². The molecule has 0 unspecified atom stereocenters. The van der Waals surface area contributed by atoms with E-state index in [0.29, 0.717) is 0 Å². The molecule has 0 aliphatic rings. The molecule has 1 heteroatoms. The van der Waals surface area contributed by atoms with Gasteiger partial charge in [0, 0.05) is 0 Å². The molecule has 0 aliphatic carbocycles. The second-order valence-corrected chi connectivity index (χ2v) is 3.50. The molecular formula is C12H22O. The van der Waals surface area contributed by atoms with Crippen LogP contribution in [0.4, 0.5) is 0 Å². The van der Waals surface area contributed by atoms with Gasteiger partial charge in [0.2, 0.25) is 0 Å². The summed E-state index contributed by atoms with van der Waals surface area (Å²) < 4.78 is 0. The molecule has 0 bridgehead atoms. The van der Waals surface area contributed by atoms with Gasteiger partial charge in [-0.2, -0.15) is 0 Å². The van der Waals surface area contributed by atoms with E-state index in [1.54, 1.807) is 0 Å². The summed E-state index contributed by atoms with van der Waals surface area (Å²) in [6.45, 7) is 4.16. The molecule has 0 saturated heterocycles. The largest absolute Gasteiger partial charge is 0.298 e. The third-order valence-corrected chi connectivity index (χ3v) is 2.34. The van der Waals surface area contributed by atoms with Crippen molar-refractivity contribution in [3.05, 3.63) is 11.6 Å². The molecule has 0 aliphatic heterocycles. The lowest BCUT2D eigenvalue weighted by Gasteiger charge is -2.00. The Morgan fingerprint density at radius 3 is 2.23 bits per heavy atom. The summed E-state index contributed by atoms with van der Waals surface area (Å²) >= 11 is 0. The van der Waals surface area contributed by atoms with E-state index in [-0.39, 0.29) is 0 Å². The molecule has 0 atom stereocenters. The second-order valence-electron chi connectivity index (χ2n) is 3.50. The zero-order valence-electron chi connectivity index (χ0n) is 9.01. The smallest absolute Gasteiger partial charge is 0.145 e. The van der Waals surface area contributed by atoms with Crippen molar-refractivity contribution < 1.29 is 4.79 Å². The molecule has 0 N–H and O–H groups in total. The Kier molecular flexibility index (Phi) is 9.07. The number of hydrogen-bond donors (Lipinski definition) is 0. The molecule has 0 amide bonds. The van der Waals surface area contributed by atoms with Crippen LogP contribution >= 0.6 is 0 Å². The van der Waals surface area contributed by atoms with Gasteiger partial charge in [0.1, 0.15) is 6.29 Å². The normalized spacial score (nSPS) is 11.7. The summed E-state index contributed by atoms with van der Waals surface area (Å²) in [5, 5.41) is 0. The van der Waals surface area contributed by atoms with Crippen LogP contribution in [0.1, 0.15) is 58.8 Å². The van der Waals surface area contributed by atoms with E-state index >= 15 is 0 Å². The van der Waals surface area contributed by atoms with Crippen LogP contribution in [0.3, 0.4) is 0 Å². The number of allylic oxidation sites excluding steroid dienone is 2. The van der Waals surface area contributed by atoms with Crippen molar-refractivity contribution in [2.75, 3.05) is 0 Å². The highest BCUT2D eigenvalue weighted by Crippen LogP contribution is 2.10. The predicted molar refractivity (Wildman–Crippen MR) is 57.8 cm³/mol. The molecular weight excluding hydrogens is 160 g/mol. The van der Waals surface area contributed by atoms with Gasteiger partial charge in [0.15, 0.2) is 0 Å². The summed E-state index contributed by atoms with van der Waals surface area (Å²) in [7, 11) is 0. The summed E-state index contributed by atoms with van der Waals surface area (Å²) in [4.78, 5) is 10.4. The number of unbranched alkanes of at least 4 members (excludes halogenated alkanes) is 5. The van der Waals surface area contributed by atoms with Gasteiger partial charge in [-0.3, -0.25) is 4.79 Å². The number of carbonyl (C=O) groups excluding carboxylic acids is 1. The van der Waals surface area contributed by atoms with Crippen molar-refractivity contribution >= 4 is 6.29 Å². The Balaban J connectivity index is 3.20. The van der Waals surface area contributed by atoms with Crippen molar-refractivity contribution in [3.63, 3.8) is 0 Å². The number of carbonyl (C=O) groups is 1. The molecule has 0 aromatic rings. The molecule has 13 heavy (non-hydrogen) atoms. The summed E-state index contributed by atoms with van der Waals surface area (Å²) in [6, 6.07) is 0. The van der Waals surface area contributed by atoms with Crippen molar-refractivity contribution in [1.82, 2.24) is 0 Å². The minimum Gasteiger partial charge on any atom is -0.298 e. The van der Waals surface area contributed by atoms with E-state index in [0.717, 1.165) is 18.3 Å². The molecule has 0 heterocycles. The fourth-order valence-corrected chi connectivity index (χ4v) is 1.38. The minimum absolute atomic E-state index is 0.954. The summed E-state index contributed by atoms with van der Waals surface area (Å²) in [5.41, 5.74) is 0.954. The molecule has 0 fully saturated rings. The Morgan fingerprint density at radius 1 is 1.08 bits per heavy atom. The van der Waals surface area contributed by atoms with Crippen LogP contribution in [0, 0.1) is 0 Å². The number of rotatable bonds is 8. The first kappa shape index (κ1) is 12.4. The van der Waals surface area contributed by atoms with Crippen LogP contribution in [0.25, 0.3) is 0 Å². The molecule has 76 valence electrons. The van der Waals surface area contributed by atoms with Crippen LogP contribution in [-0.2, 0) is 4.79 Å². The number of hydrogen-bond acceptors (Lipinski definition) is 1. The van der Waals surface area contributed by atoms with Gasteiger partial charge in [-0.1, -0.05) is 45.1 Å². The Labute approximate surface area is 82.2 Å². The lowest BCUT2D eigenvalue weighted by atomic mass is 10.1. The third kappa shape index (κ3) is 7.76. The van der Waals surface area contributed by atoms with Gasteiger partial charge >= 0.3 is 0 Å². The molecule has 0 aromatic carbocycles. The average molecular weight is 182 g/mol. The molecule has 0 radical (unpaired) electrons. The maximum Gasteiger partial charge on any atom is 0.145 e. The Morgan fingerprint density at radius 2 is 1.69 bits per heavy atom. The van der Waals surface area contributed by atoms with E-state index in [9.17, 15) is 4.79 Å². The van der Waals surface area contributed by atoms with E-state index < -0.39 is 0 Å². The predicted octanol–water partition coefficient (Wildman–Crippen LogP) is 3.88. The minimum atomic E-state index is 0.954. The fourth-order valence-electron chi connectivity index (χ4n) is 1.38. The molecule has 0 aromatic heterocycles. The highest BCUT2D eigenvalue weighted by molar-refractivity contribution is 5.72. The quantitative estimate of drug-likeness (QED) is 0.316. The lowest BCUT2D eigenvalue weighted by Crippen LogP contribution is -1.85.